The SMILES string of the molecule is CN1CCN(c2ccc3nc(-c4cc5c6c(c4O)CCCN6CCC5)[nH]c3c2)CC1. The number of H-pyrrole nitrogens is 1. The van der Waals surface area contributed by atoms with Crippen molar-refractivity contribution in [2.24, 2.45) is 0 Å². The van der Waals surface area contributed by atoms with Crippen LogP contribution in [-0.4, -0.2) is 66.3 Å². The fraction of sp³-hybridized carbons (Fsp3) is 0.458. The molecule has 156 valence electrons. The van der Waals surface area contributed by atoms with Gasteiger partial charge >= 0.3 is 0 Å². The van der Waals surface area contributed by atoms with Crippen LogP contribution >= 0.6 is 0 Å². The van der Waals surface area contributed by atoms with Gasteiger partial charge in [-0.2, -0.15) is 0 Å². The average molecular weight is 404 g/mol. The zero-order valence-corrected chi connectivity index (χ0v) is 17.6. The van der Waals surface area contributed by atoms with Gasteiger partial charge in [0.25, 0.3) is 0 Å². The molecule has 3 aromatic rings. The smallest absolute Gasteiger partial charge is 0.142 e. The van der Waals surface area contributed by atoms with Gasteiger partial charge < -0.3 is 24.8 Å². The largest absolute Gasteiger partial charge is 0.507 e. The van der Waals surface area contributed by atoms with Gasteiger partial charge in [0.2, 0.25) is 0 Å². The number of piperazine rings is 1. The molecular weight excluding hydrogens is 374 g/mol. The number of aromatic nitrogens is 2. The van der Waals surface area contributed by atoms with Crippen molar-refractivity contribution in [3.05, 3.63) is 35.4 Å². The van der Waals surface area contributed by atoms with E-state index in [2.05, 4.69) is 51.0 Å². The minimum Gasteiger partial charge on any atom is -0.507 e. The Hall–Kier alpha value is -2.73. The topological polar surface area (TPSA) is 58.6 Å². The molecule has 0 unspecified atom stereocenters. The van der Waals surface area contributed by atoms with Gasteiger partial charge in [-0.25, -0.2) is 4.98 Å². The van der Waals surface area contributed by atoms with Crippen LogP contribution in [0.25, 0.3) is 22.4 Å². The van der Waals surface area contributed by atoms with Crippen LogP contribution in [0, 0.1) is 0 Å². The summed E-state index contributed by atoms with van der Waals surface area (Å²) in [6.45, 7) is 6.50. The molecule has 0 bridgehead atoms. The summed E-state index contributed by atoms with van der Waals surface area (Å²) in [4.78, 5) is 15.6. The highest BCUT2D eigenvalue weighted by Crippen LogP contribution is 2.45. The van der Waals surface area contributed by atoms with E-state index < -0.39 is 0 Å². The first-order valence-corrected chi connectivity index (χ1v) is 11.2. The summed E-state index contributed by atoms with van der Waals surface area (Å²) in [7, 11) is 2.18. The molecule has 0 atom stereocenters. The van der Waals surface area contributed by atoms with Crippen LogP contribution in [0.2, 0.25) is 0 Å². The first kappa shape index (κ1) is 18.1. The van der Waals surface area contributed by atoms with Gasteiger partial charge in [0.1, 0.15) is 11.6 Å². The summed E-state index contributed by atoms with van der Waals surface area (Å²) in [5.41, 5.74) is 7.86. The normalized spacial score (nSPS) is 19.4. The number of hydrogen-bond acceptors (Lipinski definition) is 5. The van der Waals surface area contributed by atoms with Gasteiger partial charge in [-0.05, 0) is 62.6 Å². The highest BCUT2D eigenvalue weighted by Gasteiger charge is 2.28. The van der Waals surface area contributed by atoms with Gasteiger partial charge in [0.15, 0.2) is 0 Å². The third kappa shape index (κ3) is 2.85. The second-order valence-electron chi connectivity index (χ2n) is 9.03. The van der Waals surface area contributed by atoms with Crippen molar-refractivity contribution in [1.82, 2.24) is 14.9 Å². The van der Waals surface area contributed by atoms with Crippen molar-refractivity contribution < 1.29 is 5.11 Å². The number of benzene rings is 2. The molecule has 0 amide bonds. The Morgan fingerprint density at radius 3 is 2.57 bits per heavy atom. The summed E-state index contributed by atoms with van der Waals surface area (Å²) in [5, 5.41) is 11.2. The maximum atomic E-state index is 11.2. The number of phenols is 1. The highest BCUT2D eigenvalue weighted by molar-refractivity contribution is 5.85. The lowest BCUT2D eigenvalue weighted by Gasteiger charge is -2.37. The maximum absolute atomic E-state index is 11.2. The monoisotopic (exact) mass is 403 g/mol. The summed E-state index contributed by atoms with van der Waals surface area (Å²) >= 11 is 0. The van der Waals surface area contributed by atoms with Crippen LogP contribution in [0.5, 0.6) is 5.75 Å². The Morgan fingerprint density at radius 2 is 1.73 bits per heavy atom. The predicted molar refractivity (Wildman–Crippen MR) is 122 cm³/mol. The Labute approximate surface area is 177 Å². The maximum Gasteiger partial charge on any atom is 0.142 e. The van der Waals surface area contributed by atoms with Gasteiger partial charge in [-0.1, -0.05) is 0 Å². The number of fused-ring (bicyclic) bond motifs is 1. The van der Waals surface area contributed by atoms with Gasteiger partial charge in [0.05, 0.1) is 16.6 Å². The molecule has 6 heteroatoms. The number of nitrogens with one attached hydrogen (secondary N) is 1. The van der Waals surface area contributed by atoms with Crippen molar-refractivity contribution in [2.45, 2.75) is 25.7 Å². The molecule has 2 aromatic carbocycles. The van der Waals surface area contributed by atoms with E-state index in [9.17, 15) is 5.11 Å². The minimum absolute atomic E-state index is 0.415. The molecule has 30 heavy (non-hydrogen) atoms. The number of hydrogen-bond donors (Lipinski definition) is 2. The molecule has 0 saturated carbocycles. The number of rotatable bonds is 2. The van der Waals surface area contributed by atoms with E-state index in [0.717, 1.165) is 86.5 Å². The molecular formula is C24H29N5O. The Kier molecular flexibility index (Phi) is 4.16. The number of nitrogens with zero attached hydrogens (tertiary/aromatic N) is 4. The molecule has 1 fully saturated rings. The molecule has 1 aromatic heterocycles. The molecule has 0 radical (unpaired) electrons. The van der Waals surface area contributed by atoms with E-state index in [1.54, 1.807) is 0 Å². The second-order valence-corrected chi connectivity index (χ2v) is 9.03. The van der Waals surface area contributed by atoms with E-state index in [4.69, 9.17) is 4.98 Å². The zero-order valence-electron chi connectivity index (χ0n) is 17.6. The molecule has 6 rings (SSSR count). The predicted octanol–water partition coefficient (Wildman–Crippen LogP) is 3.39. The molecule has 4 heterocycles. The van der Waals surface area contributed by atoms with Crippen molar-refractivity contribution in [3.8, 4) is 17.1 Å². The molecule has 0 spiro atoms. The van der Waals surface area contributed by atoms with Crippen molar-refractivity contribution in [1.29, 1.82) is 0 Å². The van der Waals surface area contributed by atoms with Crippen LogP contribution < -0.4 is 9.80 Å². The molecule has 3 aliphatic heterocycles. The first-order chi connectivity index (χ1) is 14.7. The fourth-order valence-corrected chi connectivity index (χ4v) is 5.41. The molecule has 1 saturated heterocycles. The lowest BCUT2D eigenvalue weighted by atomic mass is 9.89. The first-order valence-electron chi connectivity index (χ1n) is 11.2. The van der Waals surface area contributed by atoms with Crippen LogP contribution in [0.4, 0.5) is 11.4 Å². The third-order valence-corrected chi connectivity index (χ3v) is 7.08. The van der Waals surface area contributed by atoms with E-state index in [0.29, 0.717) is 5.75 Å². The standard InChI is InChI=1S/C24H29N5O/c1-27-10-12-28(13-11-27)17-6-7-20-21(15-17)26-24(25-20)19-14-16-4-2-8-29-9-3-5-18(22(16)29)23(19)30/h6-7,14-15,30H,2-5,8-13H2,1H3,(H,25,26). The number of likely N-dealkylation sites (N-methyl/N-ethyl adjacent to an activating group) is 1. The van der Waals surface area contributed by atoms with E-state index in [1.807, 2.05) is 0 Å². The Bertz CT molecular complexity index is 1110. The van der Waals surface area contributed by atoms with E-state index in [-0.39, 0.29) is 0 Å². The van der Waals surface area contributed by atoms with Crippen LogP contribution in [0.1, 0.15) is 24.0 Å². The lowest BCUT2D eigenvalue weighted by Crippen LogP contribution is -2.44. The quantitative estimate of drug-likeness (QED) is 0.687. The summed E-state index contributed by atoms with van der Waals surface area (Å²) in [6, 6.07) is 8.65. The van der Waals surface area contributed by atoms with Crippen LogP contribution in [-0.2, 0) is 12.8 Å². The number of aromatic amines is 1. The molecule has 6 nitrogen and oxygen atoms in total. The minimum atomic E-state index is 0.415. The summed E-state index contributed by atoms with van der Waals surface area (Å²) in [6.07, 6.45) is 4.33. The Morgan fingerprint density at radius 1 is 0.933 bits per heavy atom. The Balaban J connectivity index is 1.40. The van der Waals surface area contributed by atoms with Gasteiger partial charge in [-0.15, -0.1) is 0 Å². The van der Waals surface area contributed by atoms with Crippen molar-refractivity contribution in [2.75, 3.05) is 56.1 Å². The number of imidazole rings is 1. The number of anilines is 2. The average Bonchev–Trinajstić information content (AvgIpc) is 3.20. The lowest BCUT2D eigenvalue weighted by molar-refractivity contribution is 0.313. The van der Waals surface area contributed by atoms with Gasteiger partial charge in [0, 0.05) is 56.2 Å². The zero-order chi connectivity index (χ0) is 20.2. The summed E-state index contributed by atoms with van der Waals surface area (Å²) < 4.78 is 0. The molecule has 0 aliphatic carbocycles. The number of aryl methyl sites for hydroxylation is 1. The van der Waals surface area contributed by atoms with E-state index in [1.165, 1.54) is 23.4 Å². The van der Waals surface area contributed by atoms with Gasteiger partial charge in [-0.3, -0.25) is 0 Å². The number of phenolic OH excluding ortho intramolecular Hbond substituents is 1. The fourth-order valence-electron chi connectivity index (χ4n) is 5.41. The number of aromatic hydroxyl groups is 1. The second kappa shape index (κ2) is 6.91. The van der Waals surface area contributed by atoms with Crippen molar-refractivity contribution >= 4 is 22.4 Å². The van der Waals surface area contributed by atoms with Crippen molar-refractivity contribution in [3.63, 3.8) is 0 Å². The third-order valence-electron chi connectivity index (χ3n) is 7.08. The van der Waals surface area contributed by atoms with Crippen LogP contribution in [0.3, 0.4) is 0 Å². The van der Waals surface area contributed by atoms with E-state index >= 15 is 0 Å². The molecule has 2 N–H and O–H groups in total. The van der Waals surface area contributed by atoms with Crippen LogP contribution in [0.15, 0.2) is 24.3 Å². The summed E-state index contributed by atoms with van der Waals surface area (Å²) in [5.74, 6) is 1.19. The molecule has 3 aliphatic rings. The highest BCUT2D eigenvalue weighted by atomic mass is 16.3.